The van der Waals surface area contributed by atoms with Crippen LogP contribution in [0.1, 0.15) is 45.5 Å². The third-order valence-electron chi connectivity index (χ3n) is 6.61. The van der Waals surface area contributed by atoms with E-state index in [1.165, 1.54) is 11.1 Å². The van der Waals surface area contributed by atoms with Crippen LogP contribution in [0.2, 0.25) is 0 Å². The second kappa shape index (κ2) is 9.29. The van der Waals surface area contributed by atoms with Crippen LogP contribution in [0.5, 0.6) is 0 Å². The highest BCUT2D eigenvalue weighted by atomic mass is 16.1. The summed E-state index contributed by atoms with van der Waals surface area (Å²) >= 11 is 0. The average Bonchev–Trinajstić information content (AvgIpc) is 3.16. The van der Waals surface area contributed by atoms with E-state index in [4.69, 9.17) is 5.10 Å². The number of rotatable bonds is 6. The Morgan fingerprint density at radius 1 is 0.971 bits per heavy atom. The highest BCUT2D eigenvalue weighted by molar-refractivity contribution is 5.85. The fourth-order valence-electron chi connectivity index (χ4n) is 4.55. The van der Waals surface area contributed by atoms with Crippen LogP contribution in [0.15, 0.2) is 47.3 Å². The Bertz CT molecular complexity index is 1440. The van der Waals surface area contributed by atoms with E-state index in [0.717, 1.165) is 39.1 Å². The summed E-state index contributed by atoms with van der Waals surface area (Å²) in [6.07, 6.45) is 0.653. The quantitative estimate of drug-likeness (QED) is 0.464. The third kappa shape index (κ3) is 4.40. The first-order valence-corrected chi connectivity index (χ1v) is 11.6. The highest BCUT2D eigenvalue weighted by Crippen LogP contribution is 2.26. The van der Waals surface area contributed by atoms with Crippen molar-refractivity contribution in [3.8, 4) is 5.69 Å². The molecule has 4 aromatic rings. The van der Waals surface area contributed by atoms with Gasteiger partial charge in [0.15, 0.2) is 0 Å². The van der Waals surface area contributed by atoms with Gasteiger partial charge in [0.1, 0.15) is 5.65 Å². The summed E-state index contributed by atoms with van der Waals surface area (Å²) in [6, 6.07) is 14.3. The number of amides is 1. The molecule has 0 atom stereocenters. The molecule has 1 amide bonds. The summed E-state index contributed by atoms with van der Waals surface area (Å²) in [6.45, 7) is 10.5. The van der Waals surface area contributed by atoms with Crippen LogP contribution in [-0.2, 0) is 24.8 Å². The first kappa shape index (κ1) is 23.5. The zero-order valence-electron chi connectivity index (χ0n) is 20.8. The molecule has 0 aliphatic heterocycles. The van der Waals surface area contributed by atoms with Crippen LogP contribution < -0.4 is 10.9 Å². The molecule has 0 aliphatic carbocycles. The molecule has 0 fully saturated rings. The molecule has 2 aromatic heterocycles. The van der Waals surface area contributed by atoms with Crippen molar-refractivity contribution in [3.63, 3.8) is 0 Å². The van der Waals surface area contributed by atoms with Crippen molar-refractivity contribution < 1.29 is 4.79 Å². The fraction of sp³-hybridized carbons (Fsp3) is 0.321. The Labute approximate surface area is 200 Å². The molecule has 0 bridgehead atoms. The highest BCUT2D eigenvalue weighted by Gasteiger charge is 2.20. The number of aryl methyl sites for hydroxylation is 6. The predicted octanol–water partition coefficient (Wildman–Crippen LogP) is 4.52. The molecule has 176 valence electrons. The van der Waals surface area contributed by atoms with E-state index in [1.807, 2.05) is 63.6 Å². The zero-order chi connectivity index (χ0) is 24.6. The Hall–Kier alpha value is -3.67. The number of pyridine rings is 1. The van der Waals surface area contributed by atoms with E-state index in [0.29, 0.717) is 18.5 Å². The van der Waals surface area contributed by atoms with Crippen molar-refractivity contribution >= 4 is 16.9 Å². The van der Waals surface area contributed by atoms with Crippen LogP contribution >= 0.6 is 0 Å². The second-order valence-corrected chi connectivity index (χ2v) is 9.21. The lowest BCUT2D eigenvalue weighted by Crippen LogP contribution is -2.27. The molecule has 0 saturated carbocycles. The van der Waals surface area contributed by atoms with Crippen molar-refractivity contribution in [3.05, 3.63) is 91.9 Å². The molecule has 2 aromatic carbocycles. The number of carbonyl (C=O) groups excluding carboxylic acids is 1. The molecule has 1 N–H and O–H groups in total. The third-order valence-corrected chi connectivity index (χ3v) is 6.61. The monoisotopic (exact) mass is 456 g/mol. The summed E-state index contributed by atoms with van der Waals surface area (Å²) in [7, 11) is 1.78. The molecule has 0 saturated heterocycles. The van der Waals surface area contributed by atoms with Crippen LogP contribution in [0.25, 0.3) is 16.7 Å². The van der Waals surface area contributed by atoms with Gasteiger partial charge in [0.25, 0.3) is 5.56 Å². The van der Waals surface area contributed by atoms with E-state index >= 15 is 0 Å². The van der Waals surface area contributed by atoms with Crippen molar-refractivity contribution in [2.45, 2.75) is 54.0 Å². The lowest BCUT2D eigenvalue weighted by atomic mass is 10.0. The number of hydrogen-bond donors (Lipinski definition) is 1. The number of benzene rings is 2. The molecule has 0 unspecified atom stereocenters. The number of aromatic nitrogens is 3. The summed E-state index contributed by atoms with van der Waals surface area (Å²) in [5.41, 5.74) is 8.64. The van der Waals surface area contributed by atoms with Gasteiger partial charge < -0.3 is 5.32 Å². The van der Waals surface area contributed by atoms with Crippen LogP contribution in [-0.4, -0.2) is 20.3 Å². The predicted molar refractivity (Wildman–Crippen MR) is 137 cm³/mol. The summed E-state index contributed by atoms with van der Waals surface area (Å²) in [4.78, 5) is 25.9. The van der Waals surface area contributed by atoms with E-state index in [9.17, 15) is 9.59 Å². The first-order valence-electron chi connectivity index (χ1n) is 11.6. The van der Waals surface area contributed by atoms with E-state index in [-0.39, 0.29) is 17.9 Å². The van der Waals surface area contributed by atoms with E-state index < -0.39 is 0 Å². The fourth-order valence-corrected chi connectivity index (χ4v) is 4.55. The lowest BCUT2D eigenvalue weighted by Gasteiger charge is -2.13. The molecule has 0 spiro atoms. The smallest absolute Gasteiger partial charge is 0.255 e. The van der Waals surface area contributed by atoms with Gasteiger partial charge in [-0.15, -0.1) is 0 Å². The van der Waals surface area contributed by atoms with E-state index in [1.54, 1.807) is 11.6 Å². The minimum absolute atomic E-state index is 0.0606. The van der Waals surface area contributed by atoms with Gasteiger partial charge in [0.2, 0.25) is 5.91 Å². The Morgan fingerprint density at radius 2 is 1.65 bits per heavy atom. The number of nitrogens with zero attached hydrogens (tertiary/aromatic N) is 3. The van der Waals surface area contributed by atoms with Crippen molar-refractivity contribution in [1.82, 2.24) is 19.7 Å². The lowest BCUT2D eigenvalue weighted by molar-refractivity contribution is -0.121. The first-order chi connectivity index (χ1) is 16.2. The molecule has 0 radical (unpaired) electrons. The standard InChI is InChI=1S/C28H32N4O2/c1-17-8-11-23(12-9-17)32-27-26(21(5)30-32)20(4)24(28(34)31(27)6)13-14-25(33)29-16-22-15-18(2)7-10-19(22)3/h7-12,15H,13-14,16H2,1-6H3,(H,29,33). The number of fused-ring (bicyclic) bond motifs is 1. The Kier molecular flexibility index (Phi) is 6.42. The molecule has 6 heteroatoms. The molecule has 34 heavy (non-hydrogen) atoms. The SMILES string of the molecule is Cc1ccc(-n2nc(C)c3c(C)c(CCC(=O)NCc4cc(C)ccc4C)c(=O)n(C)c32)cc1. The second-order valence-electron chi connectivity index (χ2n) is 9.21. The number of carbonyl (C=O) groups is 1. The van der Waals surface area contributed by atoms with Crippen LogP contribution in [0.3, 0.4) is 0 Å². The minimum atomic E-state index is -0.0828. The van der Waals surface area contributed by atoms with Gasteiger partial charge in [-0.1, -0.05) is 41.5 Å². The van der Waals surface area contributed by atoms with Gasteiger partial charge >= 0.3 is 0 Å². The topological polar surface area (TPSA) is 68.9 Å². The van der Waals surface area contributed by atoms with Gasteiger partial charge in [0.05, 0.1) is 11.4 Å². The normalized spacial score (nSPS) is 11.2. The molecule has 2 heterocycles. The number of nitrogens with one attached hydrogen (secondary N) is 1. The maximum atomic E-state index is 13.3. The summed E-state index contributed by atoms with van der Waals surface area (Å²) < 4.78 is 3.49. The molecule has 0 aliphatic rings. The average molecular weight is 457 g/mol. The van der Waals surface area contributed by atoms with Crippen molar-refractivity contribution in [1.29, 1.82) is 0 Å². The molecular weight excluding hydrogens is 424 g/mol. The molecule has 4 rings (SSSR count). The van der Waals surface area contributed by atoms with Gasteiger partial charge in [-0.25, -0.2) is 4.68 Å². The summed E-state index contributed by atoms with van der Waals surface area (Å²) in [5.74, 6) is -0.0606. The van der Waals surface area contributed by atoms with Gasteiger partial charge in [-0.3, -0.25) is 14.2 Å². The van der Waals surface area contributed by atoms with Crippen LogP contribution in [0, 0.1) is 34.6 Å². The minimum Gasteiger partial charge on any atom is -0.352 e. The molecule has 6 nitrogen and oxygen atoms in total. The maximum absolute atomic E-state index is 13.3. The largest absolute Gasteiger partial charge is 0.352 e. The van der Waals surface area contributed by atoms with Crippen molar-refractivity contribution in [2.24, 2.45) is 7.05 Å². The van der Waals surface area contributed by atoms with Gasteiger partial charge in [-0.2, -0.15) is 5.10 Å². The summed E-state index contributed by atoms with van der Waals surface area (Å²) in [5, 5.41) is 8.72. The Morgan fingerprint density at radius 3 is 2.35 bits per heavy atom. The van der Waals surface area contributed by atoms with E-state index in [2.05, 4.69) is 23.5 Å². The maximum Gasteiger partial charge on any atom is 0.255 e. The molecular formula is C28H32N4O2. The zero-order valence-corrected chi connectivity index (χ0v) is 20.8. The Balaban J connectivity index is 1.59. The van der Waals surface area contributed by atoms with Crippen LogP contribution in [0.4, 0.5) is 0 Å². The van der Waals surface area contributed by atoms with Crippen molar-refractivity contribution in [2.75, 3.05) is 0 Å². The van der Waals surface area contributed by atoms with Gasteiger partial charge in [-0.05, 0) is 69.9 Å². The van der Waals surface area contributed by atoms with Gasteiger partial charge in [0, 0.05) is 31.0 Å². The number of hydrogen-bond acceptors (Lipinski definition) is 3.